The zero-order valence-electron chi connectivity index (χ0n) is 19.2. The molecule has 0 aliphatic rings. The monoisotopic (exact) mass is 445 g/mol. The van der Waals surface area contributed by atoms with Crippen LogP contribution in [0.25, 0.3) is 11.3 Å². The number of hydrogen-bond acceptors (Lipinski definition) is 5. The number of ether oxygens (including phenoxy) is 2. The van der Waals surface area contributed by atoms with E-state index in [9.17, 15) is 4.79 Å². The molecule has 0 aliphatic heterocycles. The molecule has 7 heteroatoms. The molecule has 0 N–H and O–H groups in total. The Morgan fingerprint density at radius 2 is 1.73 bits per heavy atom. The van der Waals surface area contributed by atoms with Gasteiger partial charge < -0.3 is 18.8 Å². The van der Waals surface area contributed by atoms with Crippen molar-refractivity contribution in [3.63, 3.8) is 0 Å². The molecule has 2 aromatic carbocycles. The molecule has 1 amide bonds. The van der Waals surface area contributed by atoms with Crippen LogP contribution in [0.4, 0.5) is 0 Å². The maximum Gasteiger partial charge on any atom is 0.290 e. The number of nitrogens with zero attached hydrogens (tertiary/aromatic N) is 3. The van der Waals surface area contributed by atoms with E-state index in [1.54, 1.807) is 28.8 Å². The highest BCUT2D eigenvalue weighted by Crippen LogP contribution is 2.37. The van der Waals surface area contributed by atoms with Crippen LogP contribution in [-0.4, -0.2) is 33.7 Å². The van der Waals surface area contributed by atoms with Crippen molar-refractivity contribution in [2.75, 3.05) is 7.11 Å². The SMILES string of the molecule is COc1ccccc1Oc1c(CN(C(=O)c2ccco2)C(C)C)c(-c2ccccc2)nn1C. The molecule has 33 heavy (non-hydrogen) atoms. The van der Waals surface area contributed by atoms with Gasteiger partial charge in [-0.1, -0.05) is 42.5 Å². The van der Waals surface area contributed by atoms with Crippen LogP contribution in [-0.2, 0) is 13.6 Å². The van der Waals surface area contributed by atoms with Crippen LogP contribution in [0.3, 0.4) is 0 Å². The lowest BCUT2D eigenvalue weighted by Gasteiger charge is -2.26. The number of aromatic nitrogens is 2. The summed E-state index contributed by atoms with van der Waals surface area (Å²) in [5.41, 5.74) is 2.48. The van der Waals surface area contributed by atoms with Gasteiger partial charge in [0.1, 0.15) is 5.69 Å². The number of benzene rings is 2. The molecule has 4 rings (SSSR count). The van der Waals surface area contributed by atoms with Gasteiger partial charge in [0.2, 0.25) is 5.88 Å². The van der Waals surface area contributed by atoms with E-state index >= 15 is 0 Å². The van der Waals surface area contributed by atoms with Crippen molar-refractivity contribution in [1.29, 1.82) is 0 Å². The molecule has 2 aromatic heterocycles. The molecule has 0 saturated heterocycles. The summed E-state index contributed by atoms with van der Waals surface area (Å²) < 4.78 is 18.9. The topological polar surface area (TPSA) is 69.7 Å². The lowest BCUT2D eigenvalue weighted by Crippen LogP contribution is -2.36. The Bertz CT molecular complexity index is 1210. The normalized spacial score (nSPS) is 10.9. The highest BCUT2D eigenvalue weighted by atomic mass is 16.5. The summed E-state index contributed by atoms with van der Waals surface area (Å²) in [5.74, 6) is 1.81. The second-order valence-electron chi connectivity index (χ2n) is 7.88. The van der Waals surface area contributed by atoms with Crippen LogP contribution in [0.1, 0.15) is 30.0 Å². The maximum atomic E-state index is 13.2. The van der Waals surface area contributed by atoms with Gasteiger partial charge >= 0.3 is 0 Å². The minimum absolute atomic E-state index is 0.0782. The molecule has 4 aromatic rings. The van der Waals surface area contributed by atoms with E-state index in [-0.39, 0.29) is 11.9 Å². The number of methoxy groups -OCH3 is 1. The van der Waals surface area contributed by atoms with Crippen LogP contribution < -0.4 is 9.47 Å². The molecule has 0 aliphatic carbocycles. The molecule has 0 fully saturated rings. The molecular formula is C26H27N3O4. The molecule has 0 atom stereocenters. The largest absolute Gasteiger partial charge is 0.493 e. The first kappa shape index (κ1) is 22.2. The fourth-order valence-corrected chi connectivity index (χ4v) is 3.66. The van der Waals surface area contributed by atoms with Crippen LogP contribution >= 0.6 is 0 Å². The standard InChI is InChI=1S/C26H27N3O4/c1-18(2)29(25(30)23-15-10-16-32-23)17-20-24(19-11-6-5-7-12-19)27-28(3)26(20)33-22-14-9-8-13-21(22)31-4/h5-16,18H,17H2,1-4H3. The van der Waals surface area contributed by atoms with Gasteiger partial charge in [0.25, 0.3) is 5.91 Å². The van der Waals surface area contributed by atoms with Crippen molar-refractivity contribution in [2.45, 2.75) is 26.4 Å². The Balaban J connectivity index is 1.81. The van der Waals surface area contributed by atoms with Gasteiger partial charge in [-0.3, -0.25) is 4.79 Å². The van der Waals surface area contributed by atoms with Gasteiger partial charge in [-0.25, -0.2) is 4.68 Å². The number of carbonyl (C=O) groups excluding carboxylic acids is 1. The summed E-state index contributed by atoms with van der Waals surface area (Å²) in [6.45, 7) is 4.24. The quantitative estimate of drug-likeness (QED) is 0.357. The fourth-order valence-electron chi connectivity index (χ4n) is 3.66. The highest BCUT2D eigenvalue weighted by molar-refractivity contribution is 5.91. The molecule has 170 valence electrons. The molecule has 2 heterocycles. The Kier molecular flexibility index (Phi) is 6.49. The van der Waals surface area contributed by atoms with Crippen molar-refractivity contribution >= 4 is 5.91 Å². The Morgan fingerprint density at radius 1 is 1.03 bits per heavy atom. The lowest BCUT2D eigenvalue weighted by atomic mass is 10.1. The number of furan rings is 1. The first-order valence-corrected chi connectivity index (χ1v) is 10.8. The summed E-state index contributed by atoms with van der Waals surface area (Å²) >= 11 is 0. The van der Waals surface area contributed by atoms with Crippen LogP contribution in [0, 0.1) is 0 Å². The predicted molar refractivity (Wildman–Crippen MR) is 125 cm³/mol. The van der Waals surface area contributed by atoms with Gasteiger partial charge in [-0.15, -0.1) is 0 Å². The third-order valence-electron chi connectivity index (χ3n) is 5.36. The summed E-state index contributed by atoms with van der Waals surface area (Å²) in [7, 11) is 3.43. The van der Waals surface area contributed by atoms with Gasteiger partial charge in [0, 0.05) is 18.7 Å². The minimum Gasteiger partial charge on any atom is -0.493 e. The summed E-state index contributed by atoms with van der Waals surface area (Å²) in [4.78, 5) is 15.0. The molecule has 7 nitrogen and oxygen atoms in total. The molecule has 0 unspecified atom stereocenters. The van der Waals surface area contributed by atoms with Crippen LogP contribution in [0.2, 0.25) is 0 Å². The Hall–Kier alpha value is -4.00. The molecular weight excluding hydrogens is 418 g/mol. The number of carbonyl (C=O) groups is 1. The van der Waals surface area contributed by atoms with E-state index in [1.807, 2.05) is 75.5 Å². The summed E-state index contributed by atoms with van der Waals surface area (Å²) in [6.07, 6.45) is 1.50. The van der Waals surface area contributed by atoms with Crippen molar-refractivity contribution in [3.8, 4) is 28.6 Å². The number of aryl methyl sites for hydroxylation is 1. The average Bonchev–Trinajstić information content (AvgIpc) is 3.47. The van der Waals surface area contributed by atoms with Crippen molar-refractivity contribution in [1.82, 2.24) is 14.7 Å². The van der Waals surface area contributed by atoms with Gasteiger partial charge in [-0.2, -0.15) is 5.10 Å². The predicted octanol–water partition coefficient (Wildman–Crippen LogP) is 5.53. The smallest absolute Gasteiger partial charge is 0.290 e. The zero-order valence-corrected chi connectivity index (χ0v) is 19.2. The second kappa shape index (κ2) is 9.65. The minimum atomic E-state index is -0.193. The Morgan fingerprint density at radius 3 is 2.36 bits per heavy atom. The third-order valence-corrected chi connectivity index (χ3v) is 5.36. The summed E-state index contributed by atoms with van der Waals surface area (Å²) in [5, 5.41) is 4.76. The number of amides is 1. The van der Waals surface area contributed by atoms with E-state index < -0.39 is 0 Å². The number of rotatable bonds is 8. The maximum absolute atomic E-state index is 13.2. The van der Waals surface area contributed by atoms with Crippen LogP contribution in [0.15, 0.2) is 77.4 Å². The van der Waals surface area contributed by atoms with E-state index in [0.29, 0.717) is 29.7 Å². The lowest BCUT2D eigenvalue weighted by molar-refractivity contribution is 0.0656. The molecule has 0 bridgehead atoms. The fraction of sp³-hybridized carbons (Fsp3) is 0.231. The molecule has 0 spiro atoms. The number of hydrogen-bond donors (Lipinski definition) is 0. The first-order valence-electron chi connectivity index (χ1n) is 10.8. The van der Waals surface area contributed by atoms with Crippen molar-refractivity contribution in [2.24, 2.45) is 7.05 Å². The van der Waals surface area contributed by atoms with Crippen LogP contribution in [0.5, 0.6) is 17.4 Å². The van der Waals surface area contributed by atoms with E-state index in [0.717, 1.165) is 16.8 Å². The average molecular weight is 446 g/mol. The van der Waals surface area contributed by atoms with E-state index in [1.165, 1.54) is 6.26 Å². The van der Waals surface area contributed by atoms with Gasteiger partial charge in [0.15, 0.2) is 17.3 Å². The summed E-state index contributed by atoms with van der Waals surface area (Å²) in [6, 6.07) is 20.6. The van der Waals surface area contributed by atoms with E-state index in [2.05, 4.69) is 0 Å². The Labute approximate surface area is 193 Å². The first-order chi connectivity index (χ1) is 16.0. The third kappa shape index (κ3) is 4.62. The van der Waals surface area contributed by atoms with Crippen molar-refractivity contribution < 1.29 is 18.7 Å². The molecule has 0 saturated carbocycles. The van der Waals surface area contributed by atoms with Gasteiger partial charge in [-0.05, 0) is 38.1 Å². The molecule has 0 radical (unpaired) electrons. The van der Waals surface area contributed by atoms with Crippen molar-refractivity contribution in [3.05, 3.63) is 84.3 Å². The van der Waals surface area contributed by atoms with Gasteiger partial charge in [0.05, 0.1) is 25.5 Å². The second-order valence-corrected chi connectivity index (χ2v) is 7.88. The van der Waals surface area contributed by atoms with E-state index in [4.69, 9.17) is 19.0 Å². The highest BCUT2D eigenvalue weighted by Gasteiger charge is 2.28. The zero-order chi connectivity index (χ0) is 23.4. The number of para-hydroxylation sites is 2.